The summed E-state index contributed by atoms with van der Waals surface area (Å²) in [5, 5.41) is 9.40. The molecule has 200 valence electrons. The summed E-state index contributed by atoms with van der Waals surface area (Å²) in [6, 6.07) is 0. The zero-order valence-corrected chi connectivity index (χ0v) is 22.6. The van der Waals surface area contributed by atoms with E-state index in [0.717, 1.165) is 25.7 Å². The minimum Gasteiger partial charge on any atom is -0.457 e. The predicted octanol–water partition coefficient (Wildman–Crippen LogP) is 8.47. The normalized spacial score (nSPS) is 12.7. The first-order valence-corrected chi connectivity index (χ1v) is 14.4. The summed E-state index contributed by atoms with van der Waals surface area (Å²) >= 11 is 0. The number of unbranched alkanes of at least 4 members (excludes halogenated alkanes) is 14. The number of hydrogen-bond donors (Lipinski definition) is 1. The molecule has 0 spiro atoms. The minimum atomic E-state index is -0.530. The molecule has 0 bridgehead atoms. The van der Waals surface area contributed by atoms with Crippen molar-refractivity contribution in [1.82, 2.24) is 0 Å². The molecule has 34 heavy (non-hydrogen) atoms. The van der Waals surface area contributed by atoms with Gasteiger partial charge in [0.05, 0.1) is 13.2 Å². The number of aliphatic hydroxyl groups excluding tert-OH is 1. The molecule has 4 nitrogen and oxygen atoms in total. The van der Waals surface area contributed by atoms with Crippen molar-refractivity contribution >= 4 is 5.97 Å². The van der Waals surface area contributed by atoms with Gasteiger partial charge in [0.2, 0.25) is 0 Å². The highest BCUT2D eigenvalue weighted by atomic mass is 16.6. The summed E-state index contributed by atoms with van der Waals surface area (Å²) in [7, 11) is 0. The molecule has 0 rings (SSSR count). The standard InChI is InChI=1S/C30H56O4/c1-3-5-7-9-10-11-12-13-14-15-16-17-18-19-20-22-24-26-33-28-29(27-31)34-30(32)25-23-21-8-6-4-2/h11-12,14-15,29,31H,3-10,13,16-28H2,1-2H3/b12-11-,15-14-. The van der Waals surface area contributed by atoms with Crippen molar-refractivity contribution in [3.05, 3.63) is 24.3 Å². The van der Waals surface area contributed by atoms with Crippen LogP contribution in [-0.4, -0.2) is 37.0 Å². The summed E-state index contributed by atoms with van der Waals surface area (Å²) in [5.41, 5.74) is 0. The summed E-state index contributed by atoms with van der Waals surface area (Å²) in [6.45, 7) is 5.22. The third-order valence-corrected chi connectivity index (χ3v) is 6.03. The van der Waals surface area contributed by atoms with Gasteiger partial charge in [0.1, 0.15) is 6.10 Å². The quantitative estimate of drug-likeness (QED) is 0.0766. The number of rotatable bonds is 26. The van der Waals surface area contributed by atoms with Crippen LogP contribution in [0.15, 0.2) is 24.3 Å². The fraction of sp³-hybridized carbons (Fsp3) is 0.833. The largest absolute Gasteiger partial charge is 0.457 e. The Morgan fingerprint density at radius 2 is 1.24 bits per heavy atom. The van der Waals surface area contributed by atoms with Crippen molar-refractivity contribution in [3.8, 4) is 0 Å². The van der Waals surface area contributed by atoms with Gasteiger partial charge in [-0.15, -0.1) is 0 Å². The Kier molecular flexibility index (Phi) is 27.2. The van der Waals surface area contributed by atoms with Crippen LogP contribution in [0.3, 0.4) is 0 Å². The van der Waals surface area contributed by atoms with Gasteiger partial charge in [-0.1, -0.05) is 109 Å². The number of carbonyl (C=O) groups excluding carboxylic acids is 1. The molecule has 1 atom stereocenters. The highest BCUT2D eigenvalue weighted by molar-refractivity contribution is 5.69. The molecule has 0 amide bonds. The zero-order chi connectivity index (χ0) is 25.0. The molecular weight excluding hydrogens is 424 g/mol. The van der Waals surface area contributed by atoms with E-state index >= 15 is 0 Å². The monoisotopic (exact) mass is 480 g/mol. The van der Waals surface area contributed by atoms with Gasteiger partial charge in [0.25, 0.3) is 0 Å². The van der Waals surface area contributed by atoms with Crippen LogP contribution in [0, 0.1) is 0 Å². The van der Waals surface area contributed by atoms with Gasteiger partial charge in [0, 0.05) is 13.0 Å². The van der Waals surface area contributed by atoms with Gasteiger partial charge < -0.3 is 14.6 Å². The molecule has 0 fully saturated rings. The second-order valence-corrected chi connectivity index (χ2v) is 9.47. The third kappa shape index (κ3) is 25.5. The Hall–Kier alpha value is -1.13. The van der Waals surface area contributed by atoms with Crippen LogP contribution < -0.4 is 0 Å². The third-order valence-electron chi connectivity index (χ3n) is 6.03. The van der Waals surface area contributed by atoms with Gasteiger partial charge in [-0.3, -0.25) is 4.79 Å². The molecule has 0 saturated carbocycles. The lowest BCUT2D eigenvalue weighted by molar-refractivity contribution is -0.154. The Bertz CT molecular complexity index is 472. The van der Waals surface area contributed by atoms with Crippen LogP contribution in [0.5, 0.6) is 0 Å². The molecule has 1 N–H and O–H groups in total. The highest BCUT2D eigenvalue weighted by Gasteiger charge is 2.13. The van der Waals surface area contributed by atoms with E-state index in [1.54, 1.807) is 0 Å². The van der Waals surface area contributed by atoms with E-state index in [1.165, 1.54) is 89.9 Å². The fourth-order valence-corrected chi connectivity index (χ4v) is 3.83. The van der Waals surface area contributed by atoms with Crippen molar-refractivity contribution in [1.29, 1.82) is 0 Å². The van der Waals surface area contributed by atoms with E-state index in [-0.39, 0.29) is 12.6 Å². The van der Waals surface area contributed by atoms with Gasteiger partial charge in [-0.05, 0) is 44.9 Å². The average molecular weight is 481 g/mol. The van der Waals surface area contributed by atoms with E-state index in [9.17, 15) is 9.90 Å². The van der Waals surface area contributed by atoms with E-state index in [4.69, 9.17) is 9.47 Å². The predicted molar refractivity (Wildman–Crippen MR) is 145 cm³/mol. The molecular formula is C30H56O4. The number of carbonyl (C=O) groups is 1. The van der Waals surface area contributed by atoms with Crippen molar-refractivity contribution in [2.45, 2.75) is 142 Å². The summed E-state index contributed by atoms with van der Waals surface area (Å²) in [4.78, 5) is 11.8. The van der Waals surface area contributed by atoms with Crippen molar-refractivity contribution in [3.63, 3.8) is 0 Å². The first-order valence-electron chi connectivity index (χ1n) is 14.4. The fourth-order valence-electron chi connectivity index (χ4n) is 3.83. The molecule has 0 aliphatic heterocycles. The molecule has 0 radical (unpaired) electrons. The first kappa shape index (κ1) is 32.9. The second kappa shape index (κ2) is 28.1. The maximum Gasteiger partial charge on any atom is 0.306 e. The van der Waals surface area contributed by atoms with Gasteiger partial charge >= 0.3 is 5.97 Å². The van der Waals surface area contributed by atoms with E-state index in [2.05, 4.69) is 38.2 Å². The van der Waals surface area contributed by atoms with Crippen LogP contribution in [0.1, 0.15) is 136 Å². The van der Waals surface area contributed by atoms with Crippen molar-refractivity contribution in [2.75, 3.05) is 19.8 Å². The average Bonchev–Trinajstić information content (AvgIpc) is 2.84. The molecule has 0 aromatic rings. The molecule has 0 saturated heterocycles. The van der Waals surface area contributed by atoms with E-state index in [1.807, 2.05) is 0 Å². The molecule has 0 heterocycles. The first-order chi connectivity index (χ1) is 16.7. The Morgan fingerprint density at radius 3 is 1.85 bits per heavy atom. The molecule has 0 aromatic carbocycles. The number of ether oxygens (including phenoxy) is 2. The van der Waals surface area contributed by atoms with Crippen molar-refractivity contribution < 1.29 is 19.4 Å². The number of aliphatic hydroxyl groups is 1. The smallest absolute Gasteiger partial charge is 0.306 e. The molecule has 1 unspecified atom stereocenters. The van der Waals surface area contributed by atoms with Crippen LogP contribution in [0.2, 0.25) is 0 Å². The lowest BCUT2D eigenvalue weighted by atomic mass is 10.1. The van der Waals surface area contributed by atoms with Crippen LogP contribution in [0.4, 0.5) is 0 Å². The molecule has 0 aliphatic rings. The molecule has 0 aliphatic carbocycles. The Morgan fingerprint density at radius 1 is 0.706 bits per heavy atom. The van der Waals surface area contributed by atoms with E-state index < -0.39 is 6.10 Å². The van der Waals surface area contributed by atoms with Crippen LogP contribution >= 0.6 is 0 Å². The maximum absolute atomic E-state index is 11.8. The van der Waals surface area contributed by atoms with Crippen molar-refractivity contribution in [2.24, 2.45) is 0 Å². The van der Waals surface area contributed by atoms with Crippen LogP contribution in [0.25, 0.3) is 0 Å². The maximum atomic E-state index is 11.8. The molecule has 4 heteroatoms. The lowest BCUT2D eigenvalue weighted by Crippen LogP contribution is -2.27. The van der Waals surface area contributed by atoms with Gasteiger partial charge in [-0.2, -0.15) is 0 Å². The lowest BCUT2D eigenvalue weighted by Gasteiger charge is -2.15. The summed E-state index contributed by atoms with van der Waals surface area (Å²) in [6.07, 6.45) is 30.8. The summed E-state index contributed by atoms with van der Waals surface area (Å²) in [5.74, 6) is -0.219. The zero-order valence-electron chi connectivity index (χ0n) is 22.6. The van der Waals surface area contributed by atoms with Gasteiger partial charge in [0.15, 0.2) is 0 Å². The Labute approximate surface area is 211 Å². The Balaban J connectivity index is 3.43. The number of esters is 1. The SMILES string of the molecule is CCCCCC/C=C\C/C=C\CCCCCCCCOCC(CO)OC(=O)CCCCCCC. The minimum absolute atomic E-state index is 0.175. The number of hydrogen-bond acceptors (Lipinski definition) is 4. The van der Waals surface area contributed by atoms with Crippen LogP contribution in [-0.2, 0) is 14.3 Å². The van der Waals surface area contributed by atoms with E-state index in [0.29, 0.717) is 19.6 Å². The highest BCUT2D eigenvalue weighted by Crippen LogP contribution is 2.10. The summed E-state index contributed by atoms with van der Waals surface area (Å²) < 4.78 is 10.9. The second-order valence-electron chi connectivity index (χ2n) is 9.47. The number of allylic oxidation sites excluding steroid dienone is 4. The topological polar surface area (TPSA) is 55.8 Å². The van der Waals surface area contributed by atoms with Gasteiger partial charge in [-0.25, -0.2) is 0 Å². The molecule has 0 aromatic heterocycles.